The van der Waals surface area contributed by atoms with Crippen molar-refractivity contribution in [3.8, 4) is 0 Å². The normalized spacial score (nSPS) is 18.3. The van der Waals surface area contributed by atoms with Crippen molar-refractivity contribution in [1.29, 1.82) is 0 Å². The minimum atomic E-state index is -0.795. The number of nitrogens with zero attached hydrogens (tertiary/aromatic N) is 3. The summed E-state index contributed by atoms with van der Waals surface area (Å²) >= 11 is 0. The van der Waals surface area contributed by atoms with E-state index in [4.69, 9.17) is 5.11 Å². The Labute approximate surface area is 124 Å². The average molecular weight is 291 g/mol. The fourth-order valence-corrected chi connectivity index (χ4v) is 2.70. The van der Waals surface area contributed by atoms with Gasteiger partial charge in [-0.25, -0.2) is 4.79 Å². The Morgan fingerprint density at radius 2 is 2.29 bits per heavy atom. The summed E-state index contributed by atoms with van der Waals surface area (Å²) in [5.41, 5.74) is 0.840. The van der Waals surface area contributed by atoms with Gasteiger partial charge < -0.3 is 14.9 Å². The van der Waals surface area contributed by atoms with Gasteiger partial charge in [0.15, 0.2) is 0 Å². The number of aliphatic carboxylic acids is 1. The van der Waals surface area contributed by atoms with Crippen LogP contribution < -0.4 is 0 Å². The molecule has 2 heterocycles. The molecule has 1 aromatic heterocycles. The van der Waals surface area contributed by atoms with Crippen LogP contribution in [0.4, 0.5) is 4.79 Å². The maximum atomic E-state index is 12.4. The maximum absolute atomic E-state index is 12.4. The summed E-state index contributed by atoms with van der Waals surface area (Å²) in [4.78, 5) is 30.8. The van der Waals surface area contributed by atoms with Gasteiger partial charge in [-0.15, -0.1) is 0 Å². The molecule has 1 atom stereocenters. The lowest BCUT2D eigenvalue weighted by Gasteiger charge is -2.34. The van der Waals surface area contributed by atoms with Crippen LogP contribution in [-0.2, 0) is 11.3 Å². The molecular formula is C15H21N3O3. The highest BCUT2D eigenvalue weighted by Gasteiger charge is 2.27. The van der Waals surface area contributed by atoms with Gasteiger partial charge in [-0.05, 0) is 30.9 Å². The number of carbonyl (C=O) groups excluding carboxylic acids is 1. The number of amides is 2. The number of carboxylic acid groups (broad SMARTS) is 1. The van der Waals surface area contributed by atoms with Gasteiger partial charge >= 0.3 is 12.0 Å². The highest BCUT2D eigenvalue weighted by Crippen LogP contribution is 2.20. The molecule has 1 saturated heterocycles. The van der Waals surface area contributed by atoms with Gasteiger partial charge in [-0.3, -0.25) is 9.78 Å². The number of likely N-dealkylation sites (tertiary alicyclic amines) is 1. The monoisotopic (exact) mass is 291 g/mol. The van der Waals surface area contributed by atoms with E-state index in [0.717, 1.165) is 18.5 Å². The van der Waals surface area contributed by atoms with Gasteiger partial charge in [0.25, 0.3) is 0 Å². The predicted octanol–water partition coefficient (Wildman–Crippen LogP) is 1.82. The van der Waals surface area contributed by atoms with Crippen molar-refractivity contribution in [2.24, 2.45) is 5.92 Å². The molecule has 6 nitrogen and oxygen atoms in total. The van der Waals surface area contributed by atoms with Crippen molar-refractivity contribution in [3.63, 3.8) is 0 Å². The number of carboxylic acids is 1. The molecule has 1 aliphatic rings. The fraction of sp³-hybridized carbons (Fsp3) is 0.533. The number of hydrogen-bond donors (Lipinski definition) is 1. The summed E-state index contributed by atoms with van der Waals surface area (Å²) in [7, 11) is 1.75. The van der Waals surface area contributed by atoms with Crippen LogP contribution in [0, 0.1) is 5.92 Å². The number of pyridine rings is 1. The highest BCUT2D eigenvalue weighted by atomic mass is 16.4. The zero-order valence-corrected chi connectivity index (χ0v) is 12.2. The quantitative estimate of drug-likeness (QED) is 0.918. The van der Waals surface area contributed by atoms with E-state index >= 15 is 0 Å². The topological polar surface area (TPSA) is 73.7 Å². The summed E-state index contributed by atoms with van der Waals surface area (Å²) < 4.78 is 0. The zero-order chi connectivity index (χ0) is 15.2. The van der Waals surface area contributed by atoms with Crippen LogP contribution in [0.2, 0.25) is 0 Å². The Bertz CT molecular complexity index is 492. The Morgan fingerprint density at radius 1 is 1.48 bits per heavy atom. The van der Waals surface area contributed by atoms with E-state index in [1.165, 1.54) is 0 Å². The summed E-state index contributed by atoms with van der Waals surface area (Å²) in [5.74, 6) is -0.736. The van der Waals surface area contributed by atoms with Crippen molar-refractivity contribution in [3.05, 3.63) is 30.1 Å². The Hall–Kier alpha value is -2.11. The minimum absolute atomic E-state index is 0.0588. The number of piperidine rings is 1. The first-order valence-corrected chi connectivity index (χ1v) is 7.18. The van der Waals surface area contributed by atoms with Crippen molar-refractivity contribution >= 4 is 12.0 Å². The number of hydrogen-bond acceptors (Lipinski definition) is 3. The third-order valence-electron chi connectivity index (χ3n) is 3.70. The van der Waals surface area contributed by atoms with Gasteiger partial charge in [-0.2, -0.15) is 0 Å². The molecule has 1 aliphatic heterocycles. The lowest BCUT2D eigenvalue weighted by atomic mass is 9.95. The maximum Gasteiger partial charge on any atom is 0.320 e. The molecule has 21 heavy (non-hydrogen) atoms. The third-order valence-corrected chi connectivity index (χ3v) is 3.70. The first kappa shape index (κ1) is 15.3. The average Bonchev–Trinajstić information content (AvgIpc) is 2.47. The van der Waals surface area contributed by atoms with Crippen LogP contribution >= 0.6 is 0 Å². The van der Waals surface area contributed by atoms with Crippen molar-refractivity contribution < 1.29 is 14.7 Å². The summed E-state index contributed by atoms with van der Waals surface area (Å²) in [6.45, 7) is 1.68. The molecule has 1 fully saturated rings. The smallest absolute Gasteiger partial charge is 0.320 e. The molecular weight excluding hydrogens is 270 g/mol. The molecule has 0 bridgehead atoms. The van der Waals surface area contributed by atoms with Gasteiger partial charge in [0, 0.05) is 32.8 Å². The Kier molecular flexibility index (Phi) is 5.14. The second kappa shape index (κ2) is 7.06. The number of urea groups is 1. The van der Waals surface area contributed by atoms with Crippen molar-refractivity contribution in [2.75, 3.05) is 20.1 Å². The van der Waals surface area contributed by atoms with E-state index in [0.29, 0.717) is 19.6 Å². The van der Waals surface area contributed by atoms with E-state index in [-0.39, 0.29) is 18.4 Å². The molecule has 0 radical (unpaired) electrons. The molecule has 1 aromatic rings. The van der Waals surface area contributed by atoms with Gasteiger partial charge in [0.1, 0.15) is 0 Å². The summed E-state index contributed by atoms with van der Waals surface area (Å²) in [5, 5.41) is 8.87. The van der Waals surface area contributed by atoms with Gasteiger partial charge in [0.2, 0.25) is 0 Å². The van der Waals surface area contributed by atoms with Gasteiger partial charge in [-0.1, -0.05) is 6.07 Å². The molecule has 0 aliphatic carbocycles. The van der Waals surface area contributed by atoms with Crippen LogP contribution in [0.25, 0.3) is 0 Å². The SMILES string of the molecule is CN(Cc1ccccn1)C(=O)N1CCCC(CC(=O)O)C1. The lowest BCUT2D eigenvalue weighted by Crippen LogP contribution is -2.46. The molecule has 1 unspecified atom stereocenters. The predicted molar refractivity (Wildman–Crippen MR) is 77.6 cm³/mol. The summed E-state index contributed by atoms with van der Waals surface area (Å²) in [6.07, 6.45) is 3.58. The summed E-state index contributed by atoms with van der Waals surface area (Å²) in [6, 6.07) is 5.56. The molecule has 2 rings (SSSR count). The van der Waals surface area contributed by atoms with E-state index < -0.39 is 5.97 Å². The number of aromatic nitrogens is 1. The van der Waals surface area contributed by atoms with E-state index in [9.17, 15) is 9.59 Å². The Balaban J connectivity index is 1.91. The third kappa shape index (κ3) is 4.44. The van der Waals surface area contributed by atoms with Crippen molar-refractivity contribution in [2.45, 2.75) is 25.8 Å². The van der Waals surface area contributed by atoms with Gasteiger partial charge in [0.05, 0.1) is 12.2 Å². The van der Waals surface area contributed by atoms with Crippen LogP contribution in [-0.4, -0.2) is 52.0 Å². The fourth-order valence-electron chi connectivity index (χ4n) is 2.70. The number of carbonyl (C=O) groups is 2. The van der Waals surface area contributed by atoms with Crippen LogP contribution in [0.1, 0.15) is 25.0 Å². The molecule has 6 heteroatoms. The zero-order valence-electron chi connectivity index (χ0n) is 12.2. The molecule has 2 amide bonds. The van der Waals surface area contributed by atoms with Crippen LogP contribution in [0.15, 0.2) is 24.4 Å². The molecule has 0 aromatic carbocycles. The minimum Gasteiger partial charge on any atom is -0.481 e. The van der Waals surface area contributed by atoms with Crippen LogP contribution in [0.5, 0.6) is 0 Å². The molecule has 0 saturated carbocycles. The van der Waals surface area contributed by atoms with Crippen molar-refractivity contribution in [1.82, 2.24) is 14.8 Å². The standard InChI is InChI=1S/C15H21N3O3/c1-17(11-13-6-2-3-7-16-13)15(21)18-8-4-5-12(10-18)9-14(19)20/h2-3,6-7,12H,4-5,8-11H2,1H3,(H,19,20). The Morgan fingerprint density at radius 3 is 2.95 bits per heavy atom. The van der Waals surface area contributed by atoms with E-state index in [2.05, 4.69) is 4.98 Å². The number of rotatable bonds is 4. The first-order valence-electron chi connectivity index (χ1n) is 7.18. The molecule has 1 N–H and O–H groups in total. The largest absolute Gasteiger partial charge is 0.481 e. The molecule has 0 spiro atoms. The van der Waals surface area contributed by atoms with Crippen LogP contribution in [0.3, 0.4) is 0 Å². The van der Waals surface area contributed by atoms with E-state index in [1.54, 1.807) is 23.0 Å². The van der Waals surface area contributed by atoms with E-state index in [1.807, 2.05) is 18.2 Å². The lowest BCUT2D eigenvalue weighted by molar-refractivity contribution is -0.138. The highest BCUT2D eigenvalue weighted by molar-refractivity contribution is 5.74. The molecule has 114 valence electrons. The first-order chi connectivity index (χ1) is 10.1. The second-order valence-electron chi connectivity index (χ2n) is 5.51. The second-order valence-corrected chi connectivity index (χ2v) is 5.51.